The molecule has 0 aliphatic carbocycles. The molecule has 2 rings (SSSR count). The molecule has 0 aliphatic heterocycles. The van der Waals surface area contributed by atoms with Gasteiger partial charge >= 0.3 is 0 Å². The fourth-order valence-electron chi connectivity index (χ4n) is 1.81. The van der Waals surface area contributed by atoms with Gasteiger partial charge in [0, 0.05) is 0 Å². The highest BCUT2D eigenvalue weighted by Gasteiger charge is 2.26. The smallest absolute Gasteiger partial charge is 0.253 e. The van der Waals surface area contributed by atoms with Crippen molar-refractivity contribution in [3.63, 3.8) is 0 Å². The molecule has 1 atom stereocenters. The standard InChI is InChI=1S/C14H15ClN4O2S/c1-8(2)11(13(21)18-14-19-16-7-22-14)17-12(20)9-5-3-4-6-10(9)15/h3-8,11H,1-2H3,(H,17,20)(H,18,19,21). The van der Waals surface area contributed by atoms with Gasteiger partial charge in [0.05, 0.1) is 10.6 Å². The normalized spacial score (nSPS) is 12.0. The lowest BCUT2D eigenvalue weighted by atomic mass is 10.0. The van der Waals surface area contributed by atoms with Crippen molar-refractivity contribution in [1.29, 1.82) is 0 Å². The third-order valence-electron chi connectivity index (χ3n) is 2.94. The minimum Gasteiger partial charge on any atom is -0.340 e. The molecule has 2 amide bonds. The van der Waals surface area contributed by atoms with E-state index in [2.05, 4.69) is 20.8 Å². The molecule has 2 aromatic rings. The number of carbonyl (C=O) groups excluding carboxylic acids is 2. The largest absolute Gasteiger partial charge is 0.340 e. The van der Waals surface area contributed by atoms with Gasteiger partial charge in [-0.25, -0.2) is 0 Å². The number of nitrogens with one attached hydrogen (secondary N) is 2. The van der Waals surface area contributed by atoms with E-state index in [1.54, 1.807) is 24.3 Å². The molecule has 2 N–H and O–H groups in total. The predicted molar refractivity (Wildman–Crippen MR) is 86.1 cm³/mol. The lowest BCUT2D eigenvalue weighted by Gasteiger charge is -2.21. The van der Waals surface area contributed by atoms with Crippen LogP contribution in [0.3, 0.4) is 0 Å². The van der Waals surface area contributed by atoms with Crippen LogP contribution in [0, 0.1) is 5.92 Å². The number of nitrogens with zero attached hydrogens (tertiary/aromatic N) is 2. The Balaban J connectivity index is 2.10. The van der Waals surface area contributed by atoms with Gasteiger partial charge in [-0.2, -0.15) is 0 Å². The first-order valence-corrected chi connectivity index (χ1v) is 7.87. The van der Waals surface area contributed by atoms with E-state index in [1.165, 1.54) is 16.8 Å². The van der Waals surface area contributed by atoms with Crippen LogP contribution < -0.4 is 10.6 Å². The van der Waals surface area contributed by atoms with Crippen molar-refractivity contribution in [3.05, 3.63) is 40.4 Å². The average Bonchev–Trinajstić information content (AvgIpc) is 2.97. The number of anilines is 1. The predicted octanol–water partition coefficient (Wildman–Crippen LogP) is 2.58. The second-order valence-electron chi connectivity index (χ2n) is 4.91. The molecule has 0 radical (unpaired) electrons. The van der Waals surface area contributed by atoms with Crippen molar-refractivity contribution >= 4 is 39.9 Å². The summed E-state index contributed by atoms with van der Waals surface area (Å²) in [7, 11) is 0. The minimum atomic E-state index is -0.701. The third kappa shape index (κ3) is 4.02. The van der Waals surface area contributed by atoms with Crippen LogP contribution in [0.1, 0.15) is 24.2 Å². The molecule has 1 aromatic carbocycles. The molecule has 1 aromatic heterocycles. The molecule has 8 heteroatoms. The molecule has 6 nitrogen and oxygen atoms in total. The van der Waals surface area contributed by atoms with Crippen molar-refractivity contribution in [1.82, 2.24) is 15.5 Å². The molecule has 0 spiro atoms. The topological polar surface area (TPSA) is 84.0 Å². The van der Waals surface area contributed by atoms with E-state index in [9.17, 15) is 9.59 Å². The molecule has 0 fully saturated rings. The van der Waals surface area contributed by atoms with E-state index in [1.807, 2.05) is 13.8 Å². The molecule has 0 saturated carbocycles. The van der Waals surface area contributed by atoms with Crippen LogP contribution in [-0.2, 0) is 4.79 Å². The average molecular weight is 339 g/mol. The maximum absolute atomic E-state index is 12.3. The summed E-state index contributed by atoms with van der Waals surface area (Å²) in [5.41, 5.74) is 1.85. The zero-order valence-corrected chi connectivity index (χ0v) is 13.6. The third-order valence-corrected chi connectivity index (χ3v) is 3.88. The van der Waals surface area contributed by atoms with E-state index in [-0.39, 0.29) is 11.8 Å². The van der Waals surface area contributed by atoms with Crippen molar-refractivity contribution in [2.45, 2.75) is 19.9 Å². The zero-order chi connectivity index (χ0) is 16.1. The summed E-state index contributed by atoms with van der Waals surface area (Å²) in [5.74, 6) is -0.830. The number of hydrogen-bond donors (Lipinski definition) is 2. The van der Waals surface area contributed by atoms with Gasteiger partial charge in [0.25, 0.3) is 5.91 Å². The summed E-state index contributed by atoms with van der Waals surface area (Å²) < 4.78 is 0. The van der Waals surface area contributed by atoms with Gasteiger partial charge in [0.1, 0.15) is 11.6 Å². The van der Waals surface area contributed by atoms with E-state index in [4.69, 9.17) is 11.6 Å². The Kier molecular flexibility index (Phi) is 5.46. The highest BCUT2D eigenvalue weighted by molar-refractivity contribution is 7.13. The number of halogens is 1. The Hall–Kier alpha value is -1.99. The lowest BCUT2D eigenvalue weighted by Crippen LogP contribution is -2.47. The van der Waals surface area contributed by atoms with Crippen LogP contribution in [0.4, 0.5) is 5.13 Å². The van der Waals surface area contributed by atoms with E-state index in [0.717, 1.165) is 0 Å². The molecule has 0 aliphatic rings. The quantitative estimate of drug-likeness (QED) is 0.877. The summed E-state index contributed by atoms with van der Waals surface area (Å²) >= 11 is 7.21. The highest BCUT2D eigenvalue weighted by atomic mass is 35.5. The van der Waals surface area contributed by atoms with Crippen LogP contribution in [0.5, 0.6) is 0 Å². The lowest BCUT2D eigenvalue weighted by molar-refractivity contribution is -0.118. The van der Waals surface area contributed by atoms with Crippen molar-refractivity contribution in [2.75, 3.05) is 5.32 Å². The van der Waals surface area contributed by atoms with E-state index in [0.29, 0.717) is 15.7 Å². The molecule has 0 bridgehead atoms. The molecule has 1 heterocycles. The van der Waals surface area contributed by atoms with Gasteiger partial charge in [-0.15, -0.1) is 10.2 Å². The van der Waals surface area contributed by atoms with Crippen molar-refractivity contribution in [3.8, 4) is 0 Å². The van der Waals surface area contributed by atoms with E-state index < -0.39 is 11.9 Å². The fourth-order valence-corrected chi connectivity index (χ4v) is 2.48. The summed E-state index contributed by atoms with van der Waals surface area (Å²) in [6, 6.07) is 5.99. The Labute approximate surface area is 136 Å². The second-order valence-corrected chi connectivity index (χ2v) is 6.15. The number of rotatable bonds is 5. The Morgan fingerprint density at radius 2 is 2.00 bits per heavy atom. The molecule has 22 heavy (non-hydrogen) atoms. The van der Waals surface area contributed by atoms with Crippen LogP contribution in [0.2, 0.25) is 5.02 Å². The number of carbonyl (C=O) groups is 2. The SMILES string of the molecule is CC(C)C(NC(=O)c1ccccc1Cl)C(=O)Nc1nncs1. The van der Waals surface area contributed by atoms with Crippen molar-refractivity contribution < 1.29 is 9.59 Å². The number of amides is 2. The van der Waals surface area contributed by atoms with Gasteiger partial charge in [-0.1, -0.05) is 48.9 Å². The fraction of sp³-hybridized carbons (Fsp3) is 0.286. The summed E-state index contributed by atoms with van der Waals surface area (Å²) in [5, 5.41) is 13.5. The van der Waals surface area contributed by atoms with Gasteiger partial charge in [0.15, 0.2) is 0 Å². The first-order valence-electron chi connectivity index (χ1n) is 6.61. The summed E-state index contributed by atoms with van der Waals surface area (Å²) in [6.45, 7) is 3.69. The molecule has 0 saturated heterocycles. The van der Waals surface area contributed by atoms with E-state index >= 15 is 0 Å². The molecule has 116 valence electrons. The highest BCUT2D eigenvalue weighted by Crippen LogP contribution is 2.16. The van der Waals surface area contributed by atoms with Crippen LogP contribution in [-0.4, -0.2) is 28.1 Å². The minimum absolute atomic E-state index is 0.0978. The number of aromatic nitrogens is 2. The Morgan fingerprint density at radius 3 is 2.59 bits per heavy atom. The summed E-state index contributed by atoms with van der Waals surface area (Å²) in [6.07, 6.45) is 0. The zero-order valence-electron chi connectivity index (χ0n) is 12.0. The van der Waals surface area contributed by atoms with Gasteiger partial charge in [0.2, 0.25) is 11.0 Å². The Bertz CT molecular complexity index is 661. The van der Waals surface area contributed by atoms with Crippen LogP contribution in [0.15, 0.2) is 29.8 Å². The Morgan fingerprint density at radius 1 is 1.27 bits per heavy atom. The molecular formula is C14H15ClN4O2S. The monoisotopic (exact) mass is 338 g/mol. The van der Waals surface area contributed by atoms with Gasteiger partial charge < -0.3 is 5.32 Å². The first-order chi connectivity index (χ1) is 10.5. The summed E-state index contributed by atoms with van der Waals surface area (Å²) in [4.78, 5) is 24.6. The van der Waals surface area contributed by atoms with Gasteiger partial charge in [-0.05, 0) is 18.1 Å². The number of hydrogen-bond acceptors (Lipinski definition) is 5. The van der Waals surface area contributed by atoms with Crippen LogP contribution in [0.25, 0.3) is 0 Å². The van der Waals surface area contributed by atoms with Crippen LogP contribution >= 0.6 is 22.9 Å². The molecule has 1 unspecified atom stereocenters. The molecular weight excluding hydrogens is 324 g/mol. The first kappa shape index (κ1) is 16.4. The second kappa shape index (κ2) is 7.33. The van der Waals surface area contributed by atoms with Crippen molar-refractivity contribution in [2.24, 2.45) is 5.92 Å². The maximum Gasteiger partial charge on any atom is 0.253 e. The maximum atomic E-state index is 12.3. The van der Waals surface area contributed by atoms with Gasteiger partial charge in [-0.3, -0.25) is 14.9 Å². The number of benzene rings is 1.